The number of benzene rings is 10. The molecule has 0 aliphatic heterocycles. The molecular weight excluding hydrogens is 757 g/mol. The molecule has 10 aromatic carbocycles. The van der Waals surface area contributed by atoms with Crippen molar-refractivity contribution in [1.29, 1.82) is 0 Å². The highest BCUT2D eigenvalue weighted by Gasteiger charge is 2.23. The van der Waals surface area contributed by atoms with Crippen LogP contribution in [-0.4, -0.2) is 19.5 Å². The van der Waals surface area contributed by atoms with E-state index in [0.717, 1.165) is 66.5 Å². The zero-order chi connectivity index (χ0) is 40.7. The maximum Gasteiger partial charge on any atom is 0.164 e. The fourth-order valence-electron chi connectivity index (χ4n) is 9.49. The van der Waals surface area contributed by atoms with Gasteiger partial charge in [-0.3, -0.25) is 0 Å². The normalized spacial score (nSPS) is 11.9. The van der Waals surface area contributed by atoms with Gasteiger partial charge in [0.2, 0.25) is 0 Å². The fourth-order valence-corrected chi connectivity index (χ4v) is 9.49. The Labute approximate surface area is 355 Å². The van der Waals surface area contributed by atoms with Crippen molar-refractivity contribution in [2.24, 2.45) is 0 Å². The molecule has 0 spiro atoms. The lowest BCUT2D eigenvalue weighted by atomic mass is 10.00. The van der Waals surface area contributed by atoms with Crippen LogP contribution in [0, 0.1) is 0 Å². The number of aromatic nitrogens is 4. The second-order valence-electron chi connectivity index (χ2n) is 16.0. The van der Waals surface area contributed by atoms with E-state index >= 15 is 0 Å². The van der Waals surface area contributed by atoms with E-state index in [1.54, 1.807) is 0 Å². The van der Waals surface area contributed by atoms with E-state index in [1.807, 2.05) is 30.3 Å². The lowest BCUT2D eigenvalue weighted by Gasteiger charge is -2.13. The van der Waals surface area contributed by atoms with Gasteiger partial charge in [-0.15, -0.1) is 0 Å². The molecule has 0 saturated carbocycles. The van der Waals surface area contributed by atoms with Gasteiger partial charge in [0.05, 0.1) is 16.7 Å². The smallest absolute Gasteiger partial charge is 0.164 e. The lowest BCUT2D eigenvalue weighted by molar-refractivity contribution is 0.668. The molecule has 0 amide bonds. The second-order valence-corrected chi connectivity index (χ2v) is 16.0. The topological polar surface area (TPSA) is 56.7 Å². The summed E-state index contributed by atoms with van der Waals surface area (Å²) in [7, 11) is 0. The molecule has 13 rings (SSSR count). The lowest BCUT2D eigenvalue weighted by Crippen LogP contribution is -2.01. The SMILES string of the molecule is c1ccc(-c2nc(-c3ccc(-c4ccc5ccccc5c4)cc3)nc(-c3cc(-n4c5ccc6ccccc6c5c5c6ccccc6ccc54)cc4oc5ccccc5c34)n2)cc1. The minimum absolute atomic E-state index is 0.572. The second kappa shape index (κ2) is 13.6. The van der Waals surface area contributed by atoms with Crippen LogP contribution in [0.4, 0.5) is 0 Å². The van der Waals surface area contributed by atoms with Crippen molar-refractivity contribution in [1.82, 2.24) is 19.5 Å². The van der Waals surface area contributed by atoms with Crippen LogP contribution in [0.2, 0.25) is 0 Å². The summed E-state index contributed by atoms with van der Waals surface area (Å²) in [6.07, 6.45) is 0. The van der Waals surface area contributed by atoms with Gasteiger partial charge in [-0.05, 0) is 73.8 Å². The standard InChI is InChI=1S/C57H34N4O/c1-2-15-39(16-3-1)55-58-56(40-25-22-36(23-26-40)42-27-24-35-12-4-5-17-41(35)32-42)60-57(59-55)47-33-43(34-51-52(47)46-20-10-11-21-50(46)62-51)61-48-30-28-37-13-6-8-18-44(37)53(48)54-45-19-9-7-14-38(45)29-31-49(54)61/h1-34H. The highest BCUT2D eigenvalue weighted by atomic mass is 16.3. The number of rotatable bonds is 5. The Morgan fingerprint density at radius 2 is 0.839 bits per heavy atom. The molecule has 0 aliphatic carbocycles. The highest BCUT2D eigenvalue weighted by Crippen LogP contribution is 2.44. The first-order chi connectivity index (χ1) is 30.7. The van der Waals surface area contributed by atoms with Gasteiger partial charge in [-0.2, -0.15) is 0 Å². The largest absolute Gasteiger partial charge is 0.456 e. The first-order valence-electron chi connectivity index (χ1n) is 20.9. The maximum atomic E-state index is 6.75. The van der Waals surface area contributed by atoms with E-state index in [9.17, 15) is 0 Å². The first kappa shape index (κ1) is 34.5. The zero-order valence-electron chi connectivity index (χ0n) is 33.3. The number of hydrogen-bond donors (Lipinski definition) is 0. The Morgan fingerprint density at radius 1 is 0.323 bits per heavy atom. The molecule has 0 N–H and O–H groups in total. The van der Waals surface area contributed by atoms with Crippen molar-refractivity contribution in [3.63, 3.8) is 0 Å². The van der Waals surface area contributed by atoms with E-state index in [1.165, 1.54) is 43.1 Å². The van der Waals surface area contributed by atoms with Crippen molar-refractivity contribution in [2.75, 3.05) is 0 Å². The van der Waals surface area contributed by atoms with Crippen LogP contribution in [0.5, 0.6) is 0 Å². The van der Waals surface area contributed by atoms with Crippen LogP contribution in [0.1, 0.15) is 0 Å². The third-order valence-electron chi connectivity index (χ3n) is 12.4. The Kier molecular flexibility index (Phi) is 7.54. The van der Waals surface area contributed by atoms with E-state index in [4.69, 9.17) is 19.4 Å². The predicted molar refractivity (Wildman–Crippen MR) is 256 cm³/mol. The van der Waals surface area contributed by atoms with Gasteiger partial charge >= 0.3 is 0 Å². The van der Waals surface area contributed by atoms with Crippen molar-refractivity contribution < 1.29 is 4.42 Å². The average molecular weight is 791 g/mol. The van der Waals surface area contributed by atoms with E-state index in [0.29, 0.717) is 17.5 Å². The summed E-state index contributed by atoms with van der Waals surface area (Å²) in [6, 6.07) is 72.7. The van der Waals surface area contributed by atoms with Gasteiger partial charge in [0, 0.05) is 44.3 Å². The summed E-state index contributed by atoms with van der Waals surface area (Å²) in [6.45, 7) is 0. The average Bonchev–Trinajstić information content (AvgIpc) is 3.90. The Balaban J connectivity index is 1.07. The summed E-state index contributed by atoms with van der Waals surface area (Å²) in [4.78, 5) is 15.8. The molecule has 0 atom stereocenters. The van der Waals surface area contributed by atoms with Crippen LogP contribution >= 0.6 is 0 Å². The van der Waals surface area contributed by atoms with Gasteiger partial charge < -0.3 is 8.98 Å². The summed E-state index contributed by atoms with van der Waals surface area (Å²) in [5.74, 6) is 1.77. The van der Waals surface area contributed by atoms with E-state index in [-0.39, 0.29) is 0 Å². The molecule has 0 unspecified atom stereocenters. The van der Waals surface area contributed by atoms with Gasteiger partial charge in [0.15, 0.2) is 17.5 Å². The van der Waals surface area contributed by atoms with Gasteiger partial charge in [0.25, 0.3) is 0 Å². The molecule has 13 aromatic rings. The monoisotopic (exact) mass is 790 g/mol. The van der Waals surface area contributed by atoms with Crippen molar-refractivity contribution in [2.45, 2.75) is 0 Å². The molecule has 3 aromatic heterocycles. The zero-order valence-corrected chi connectivity index (χ0v) is 33.3. The Hall–Kier alpha value is -8.41. The number of hydrogen-bond acceptors (Lipinski definition) is 4. The van der Waals surface area contributed by atoms with Crippen molar-refractivity contribution in [3.8, 4) is 51.0 Å². The molecule has 3 heterocycles. The number of furan rings is 1. The number of nitrogens with zero attached hydrogens (tertiary/aromatic N) is 4. The van der Waals surface area contributed by atoms with Gasteiger partial charge in [0.1, 0.15) is 11.2 Å². The van der Waals surface area contributed by atoms with E-state index < -0.39 is 0 Å². The number of fused-ring (bicyclic) bond motifs is 11. The molecule has 5 nitrogen and oxygen atoms in total. The number of para-hydroxylation sites is 1. The third-order valence-corrected chi connectivity index (χ3v) is 12.4. The molecule has 0 aliphatic rings. The van der Waals surface area contributed by atoms with Crippen LogP contribution < -0.4 is 0 Å². The molecule has 0 saturated heterocycles. The molecule has 0 radical (unpaired) electrons. The molecule has 5 heteroatoms. The third kappa shape index (κ3) is 5.38. The summed E-state index contributed by atoms with van der Waals surface area (Å²) >= 11 is 0. The van der Waals surface area contributed by atoms with Crippen LogP contribution in [0.3, 0.4) is 0 Å². The molecule has 62 heavy (non-hydrogen) atoms. The Bertz CT molecular complexity index is 3830. The Morgan fingerprint density at radius 3 is 1.53 bits per heavy atom. The summed E-state index contributed by atoms with van der Waals surface area (Å²) < 4.78 is 9.13. The highest BCUT2D eigenvalue weighted by molar-refractivity contribution is 6.28. The van der Waals surface area contributed by atoms with E-state index in [2.05, 4.69) is 180 Å². The van der Waals surface area contributed by atoms with Crippen LogP contribution in [0.15, 0.2) is 211 Å². The summed E-state index contributed by atoms with van der Waals surface area (Å²) in [5.41, 5.74) is 9.73. The molecule has 0 fully saturated rings. The van der Waals surface area contributed by atoms with Gasteiger partial charge in [-0.25, -0.2) is 15.0 Å². The molecular formula is C57H34N4O. The van der Waals surface area contributed by atoms with Crippen molar-refractivity contribution >= 4 is 76.1 Å². The minimum Gasteiger partial charge on any atom is -0.456 e. The maximum absolute atomic E-state index is 6.75. The quantitative estimate of drug-likeness (QED) is 0.174. The predicted octanol–water partition coefficient (Wildman–Crippen LogP) is 15.0. The van der Waals surface area contributed by atoms with Crippen LogP contribution in [0.25, 0.3) is 127 Å². The van der Waals surface area contributed by atoms with Crippen LogP contribution in [-0.2, 0) is 0 Å². The van der Waals surface area contributed by atoms with Crippen molar-refractivity contribution in [3.05, 3.63) is 206 Å². The fraction of sp³-hybridized carbons (Fsp3) is 0. The first-order valence-corrected chi connectivity index (χ1v) is 20.9. The molecule has 288 valence electrons. The summed E-state index contributed by atoms with van der Waals surface area (Å²) in [5, 5.41) is 11.7. The van der Waals surface area contributed by atoms with Gasteiger partial charge in [-0.1, -0.05) is 170 Å². The minimum atomic E-state index is 0.572. The molecule has 0 bridgehead atoms.